The summed E-state index contributed by atoms with van der Waals surface area (Å²) in [5, 5.41) is 7.40. The van der Waals surface area contributed by atoms with Crippen molar-refractivity contribution in [3.8, 4) is 5.75 Å². The van der Waals surface area contributed by atoms with E-state index >= 15 is 0 Å². The van der Waals surface area contributed by atoms with Crippen molar-refractivity contribution in [1.29, 1.82) is 0 Å². The van der Waals surface area contributed by atoms with Crippen LogP contribution >= 0.6 is 0 Å². The van der Waals surface area contributed by atoms with Crippen LogP contribution in [0.25, 0.3) is 0 Å². The molecule has 0 bridgehead atoms. The molecule has 0 aliphatic carbocycles. The number of rotatable bonds is 6. The lowest BCUT2D eigenvalue weighted by atomic mass is 10.2. The van der Waals surface area contributed by atoms with Gasteiger partial charge in [-0.05, 0) is 23.8 Å². The second-order valence-electron chi connectivity index (χ2n) is 4.60. The van der Waals surface area contributed by atoms with Gasteiger partial charge in [-0.1, -0.05) is 12.1 Å². The number of hydrogen-bond acceptors (Lipinski definition) is 3. The van der Waals surface area contributed by atoms with Crippen LogP contribution in [-0.2, 0) is 20.0 Å². The summed E-state index contributed by atoms with van der Waals surface area (Å²) in [7, 11) is 1.85. The SMILES string of the molecule is Cn1ccc(CCNCc2cccc(OC(F)(F)F)c2)n1. The first-order valence-corrected chi connectivity index (χ1v) is 6.46. The Morgan fingerprint density at radius 2 is 2.10 bits per heavy atom. The molecule has 0 aliphatic heterocycles. The Balaban J connectivity index is 1.79. The second kappa shape index (κ2) is 6.62. The van der Waals surface area contributed by atoms with Crippen LogP contribution in [0.5, 0.6) is 5.75 Å². The molecule has 4 nitrogen and oxygen atoms in total. The van der Waals surface area contributed by atoms with E-state index in [-0.39, 0.29) is 5.75 Å². The average Bonchev–Trinajstić information content (AvgIpc) is 2.79. The van der Waals surface area contributed by atoms with Crippen LogP contribution in [-0.4, -0.2) is 22.7 Å². The Morgan fingerprint density at radius 1 is 1.29 bits per heavy atom. The number of nitrogens with one attached hydrogen (secondary N) is 1. The molecule has 0 radical (unpaired) electrons. The highest BCUT2D eigenvalue weighted by atomic mass is 19.4. The van der Waals surface area contributed by atoms with Gasteiger partial charge in [0.05, 0.1) is 5.69 Å². The number of aryl methyl sites for hydroxylation is 1. The number of alkyl halides is 3. The molecule has 2 rings (SSSR count). The quantitative estimate of drug-likeness (QED) is 0.834. The van der Waals surface area contributed by atoms with Crippen LogP contribution < -0.4 is 10.1 Å². The summed E-state index contributed by atoms with van der Waals surface area (Å²) in [5.74, 6) is -0.202. The zero-order valence-electron chi connectivity index (χ0n) is 11.5. The van der Waals surface area contributed by atoms with Crippen LogP contribution in [0.3, 0.4) is 0 Å². The van der Waals surface area contributed by atoms with Crippen LogP contribution in [0.2, 0.25) is 0 Å². The van der Waals surface area contributed by atoms with Crippen molar-refractivity contribution in [2.24, 2.45) is 7.05 Å². The molecule has 0 spiro atoms. The summed E-state index contributed by atoms with van der Waals surface area (Å²) >= 11 is 0. The van der Waals surface area contributed by atoms with E-state index in [9.17, 15) is 13.2 Å². The summed E-state index contributed by atoms with van der Waals surface area (Å²) in [6.07, 6.45) is -2.03. The third-order valence-electron chi connectivity index (χ3n) is 2.79. The number of halogens is 3. The maximum absolute atomic E-state index is 12.1. The Bertz CT molecular complexity index is 581. The van der Waals surface area contributed by atoms with Gasteiger partial charge in [0.2, 0.25) is 0 Å². The Labute approximate surface area is 120 Å². The highest BCUT2D eigenvalue weighted by molar-refractivity contribution is 5.28. The van der Waals surface area contributed by atoms with Gasteiger partial charge in [0.1, 0.15) is 5.75 Å². The maximum Gasteiger partial charge on any atom is 0.573 e. The van der Waals surface area contributed by atoms with Gasteiger partial charge in [0.15, 0.2) is 0 Å². The molecule has 1 N–H and O–H groups in total. The first-order chi connectivity index (χ1) is 9.92. The molecule has 21 heavy (non-hydrogen) atoms. The molecule has 1 heterocycles. The van der Waals surface area contributed by atoms with Gasteiger partial charge in [-0.3, -0.25) is 4.68 Å². The largest absolute Gasteiger partial charge is 0.573 e. The van der Waals surface area contributed by atoms with Crippen molar-refractivity contribution >= 4 is 0 Å². The second-order valence-corrected chi connectivity index (χ2v) is 4.60. The third kappa shape index (κ3) is 5.47. The van der Waals surface area contributed by atoms with Gasteiger partial charge in [-0.15, -0.1) is 13.2 Å². The zero-order chi connectivity index (χ0) is 15.3. The van der Waals surface area contributed by atoms with E-state index in [1.807, 2.05) is 19.3 Å². The molecule has 1 aromatic carbocycles. The molecular formula is C14H16F3N3O. The van der Waals surface area contributed by atoms with Crippen molar-refractivity contribution in [2.75, 3.05) is 6.54 Å². The maximum atomic E-state index is 12.1. The average molecular weight is 299 g/mol. The summed E-state index contributed by atoms with van der Waals surface area (Å²) in [4.78, 5) is 0. The van der Waals surface area contributed by atoms with E-state index in [4.69, 9.17) is 0 Å². The molecule has 0 atom stereocenters. The lowest BCUT2D eigenvalue weighted by Crippen LogP contribution is -2.18. The number of ether oxygens (including phenoxy) is 1. The summed E-state index contributed by atoms with van der Waals surface area (Å²) in [6.45, 7) is 1.17. The minimum Gasteiger partial charge on any atom is -0.406 e. The molecule has 1 aromatic heterocycles. The predicted octanol–water partition coefficient (Wildman–Crippen LogP) is 2.65. The molecule has 0 saturated carbocycles. The molecule has 0 saturated heterocycles. The fraction of sp³-hybridized carbons (Fsp3) is 0.357. The zero-order valence-corrected chi connectivity index (χ0v) is 11.5. The Hall–Kier alpha value is -2.02. The van der Waals surface area contributed by atoms with Crippen molar-refractivity contribution in [3.63, 3.8) is 0 Å². The van der Waals surface area contributed by atoms with Gasteiger partial charge in [-0.2, -0.15) is 5.10 Å². The summed E-state index contributed by atoms with van der Waals surface area (Å²) < 4.78 is 42.0. The van der Waals surface area contributed by atoms with E-state index < -0.39 is 6.36 Å². The Morgan fingerprint density at radius 3 is 2.76 bits per heavy atom. The standard InChI is InChI=1S/C14H16F3N3O/c1-20-8-6-12(19-20)5-7-18-10-11-3-2-4-13(9-11)21-14(15,16)17/h2-4,6,8-9,18H,5,7,10H2,1H3. The van der Waals surface area contributed by atoms with E-state index in [1.54, 1.807) is 10.7 Å². The molecule has 0 amide bonds. The number of nitrogens with zero attached hydrogens (tertiary/aromatic N) is 2. The summed E-state index contributed by atoms with van der Waals surface area (Å²) in [6, 6.07) is 7.87. The van der Waals surface area contributed by atoms with Gasteiger partial charge in [0.25, 0.3) is 0 Å². The monoisotopic (exact) mass is 299 g/mol. The molecule has 114 valence electrons. The van der Waals surface area contributed by atoms with Crippen molar-refractivity contribution in [1.82, 2.24) is 15.1 Å². The minimum atomic E-state index is -4.66. The van der Waals surface area contributed by atoms with Gasteiger partial charge in [0, 0.05) is 32.8 Å². The number of benzene rings is 1. The molecule has 0 fully saturated rings. The van der Waals surface area contributed by atoms with Gasteiger partial charge in [-0.25, -0.2) is 0 Å². The van der Waals surface area contributed by atoms with Crippen LogP contribution in [0, 0.1) is 0 Å². The van der Waals surface area contributed by atoms with Crippen molar-refractivity contribution in [3.05, 3.63) is 47.8 Å². The smallest absolute Gasteiger partial charge is 0.406 e. The van der Waals surface area contributed by atoms with E-state index in [0.29, 0.717) is 13.1 Å². The molecule has 2 aromatic rings. The molecule has 7 heteroatoms. The predicted molar refractivity (Wildman–Crippen MR) is 71.7 cm³/mol. The van der Waals surface area contributed by atoms with Crippen LogP contribution in [0.1, 0.15) is 11.3 Å². The van der Waals surface area contributed by atoms with Crippen molar-refractivity contribution in [2.45, 2.75) is 19.3 Å². The molecule has 0 unspecified atom stereocenters. The third-order valence-corrected chi connectivity index (χ3v) is 2.79. The van der Waals surface area contributed by atoms with Gasteiger partial charge < -0.3 is 10.1 Å². The first kappa shape index (κ1) is 15.4. The fourth-order valence-corrected chi connectivity index (χ4v) is 1.90. The topological polar surface area (TPSA) is 39.1 Å². The minimum absolute atomic E-state index is 0.202. The van der Waals surface area contributed by atoms with E-state index in [0.717, 1.165) is 17.7 Å². The Kier molecular flexibility index (Phi) is 4.85. The number of aromatic nitrogens is 2. The lowest BCUT2D eigenvalue weighted by Gasteiger charge is -2.10. The van der Waals surface area contributed by atoms with Crippen LogP contribution in [0.4, 0.5) is 13.2 Å². The highest BCUT2D eigenvalue weighted by Crippen LogP contribution is 2.23. The van der Waals surface area contributed by atoms with E-state index in [2.05, 4.69) is 15.2 Å². The fourth-order valence-electron chi connectivity index (χ4n) is 1.90. The molecule has 0 aliphatic rings. The van der Waals surface area contributed by atoms with Crippen molar-refractivity contribution < 1.29 is 17.9 Å². The molecular weight excluding hydrogens is 283 g/mol. The lowest BCUT2D eigenvalue weighted by molar-refractivity contribution is -0.274. The normalized spacial score (nSPS) is 11.6. The first-order valence-electron chi connectivity index (χ1n) is 6.46. The summed E-state index contributed by atoms with van der Waals surface area (Å²) in [5.41, 5.74) is 1.71. The highest BCUT2D eigenvalue weighted by Gasteiger charge is 2.31. The van der Waals surface area contributed by atoms with Gasteiger partial charge >= 0.3 is 6.36 Å². The van der Waals surface area contributed by atoms with Crippen LogP contribution in [0.15, 0.2) is 36.5 Å². The van der Waals surface area contributed by atoms with E-state index in [1.165, 1.54) is 18.2 Å². The number of hydrogen-bond donors (Lipinski definition) is 1.